The monoisotopic (exact) mass is 569 g/mol. The third-order valence-corrected chi connectivity index (χ3v) is 8.73. The second kappa shape index (κ2) is 13.5. The molecule has 8 nitrogen and oxygen atoms in total. The van der Waals surface area contributed by atoms with Gasteiger partial charge in [-0.2, -0.15) is 0 Å². The Morgan fingerprint density at radius 2 is 1.72 bits per heavy atom. The van der Waals surface area contributed by atoms with Crippen molar-refractivity contribution in [3.05, 3.63) is 83.9 Å². The number of anilines is 1. The van der Waals surface area contributed by atoms with Crippen LogP contribution in [0.3, 0.4) is 0 Å². The first-order valence-corrected chi connectivity index (χ1v) is 15.2. The second-order valence-electron chi connectivity index (χ2n) is 8.89. The average molecular weight is 570 g/mol. The fraction of sp³-hybridized carbons (Fsp3) is 0.310. The number of likely N-dealkylation sites (N-methyl/N-ethyl adjacent to an activating group) is 1. The van der Waals surface area contributed by atoms with Crippen LogP contribution >= 0.6 is 11.8 Å². The van der Waals surface area contributed by atoms with Crippen molar-refractivity contribution in [1.29, 1.82) is 0 Å². The minimum absolute atomic E-state index is 0.0454. The van der Waals surface area contributed by atoms with Gasteiger partial charge in [0.2, 0.25) is 11.8 Å². The van der Waals surface area contributed by atoms with Gasteiger partial charge in [0, 0.05) is 18.5 Å². The maximum atomic E-state index is 14.0. The quantitative estimate of drug-likeness (QED) is 0.323. The Morgan fingerprint density at radius 1 is 1.03 bits per heavy atom. The number of nitrogens with one attached hydrogen (secondary N) is 1. The van der Waals surface area contributed by atoms with Crippen molar-refractivity contribution in [3.8, 4) is 5.75 Å². The lowest BCUT2D eigenvalue weighted by atomic mass is 10.1. The van der Waals surface area contributed by atoms with Crippen LogP contribution in [-0.4, -0.2) is 57.6 Å². The molecule has 0 aromatic heterocycles. The Morgan fingerprint density at radius 3 is 2.33 bits per heavy atom. The summed E-state index contributed by atoms with van der Waals surface area (Å²) < 4.78 is 34.9. The standard InChI is InChI=1S/C29H35N3O5S2/c1-6-37-27-13-8-7-12-26(27)32(39(35,36)25-16-14-24(38-5)15-17-25)20-28(33)31(22(3)29(34)30-4)19-23-11-9-10-21(2)18-23/h7-18,22H,6,19-20H2,1-5H3,(H,30,34)/t22-/m1/s1. The van der Waals surface area contributed by atoms with E-state index in [-0.39, 0.29) is 23.0 Å². The molecule has 0 saturated heterocycles. The molecule has 1 N–H and O–H groups in total. The van der Waals surface area contributed by atoms with E-state index in [9.17, 15) is 18.0 Å². The number of aryl methyl sites for hydroxylation is 1. The molecule has 0 aliphatic rings. The SMILES string of the molecule is CCOc1ccccc1N(CC(=O)N(Cc1cccc(C)c1)[C@H](C)C(=O)NC)S(=O)(=O)c1ccc(SC)cc1. The number of hydrogen-bond acceptors (Lipinski definition) is 6. The first-order valence-electron chi connectivity index (χ1n) is 12.6. The Balaban J connectivity index is 2.09. The molecule has 208 valence electrons. The molecule has 1 atom stereocenters. The van der Waals surface area contributed by atoms with Crippen molar-refractivity contribution >= 4 is 39.3 Å². The Bertz CT molecular complexity index is 1390. The Labute approximate surface area is 235 Å². The van der Waals surface area contributed by atoms with E-state index in [4.69, 9.17) is 4.74 Å². The van der Waals surface area contributed by atoms with Crippen LogP contribution in [0.4, 0.5) is 5.69 Å². The van der Waals surface area contributed by atoms with Gasteiger partial charge in [0.25, 0.3) is 10.0 Å². The summed E-state index contributed by atoms with van der Waals surface area (Å²) in [6.07, 6.45) is 1.91. The van der Waals surface area contributed by atoms with E-state index in [1.54, 1.807) is 50.2 Å². The van der Waals surface area contributed by atoms with E-state index in [1.165, 1.54) is 35.8 Å². The zero-order chi connectivity index (χ0) is 28.6. The number of nitrogens with zero attached hydrogens (tertiary/aromatic N) is 2. The van der Waals surface area contributed by atoms with Gasteiger partial charge in [-0.25, -0.2) is 8.42 Å². The van der Waals surface area contributed by atoms with Crippen LogP contribution < -0.4 is 14.4 Å². The number of benzene rings is 3. The molecule has 0 radical (unpaired) electrons. The topological polar surface area (TPSA) is 96.0 Å². The molecule has 0 heterocycles. The van der Waals surface area contributed by atoms with Gasteiger partial charge in [-0.15, -0.1) is 11.8 Å². The van der Waals surface area contributed by atoms with E-state index < -0.39 is 28.5 Å². The summed E-state index contributed by atoms with van der Waals surface area (Å²) in [5.74, 6) is -0.544. The lowest BCUT2D eigenvalue weighted by Gasteiger charge is -2.32. The maximum Gasteiger partial charge on any atom is 0.264 e. The zero-order valence-electron chi connectivity index (χ0n) is 22.9. The van der Waals surface area contributed by atoms with Gasteiger partial charge in [-0.05, 0) is 69.0 Å². The smallest absolute Gasteiger partial charge is 0.264 e. The third-order valence-electron chi connectivity index (χ3n) is 6.21. The number of rotatable bonds is 12. The Hall–Kier alpha value is -3.50. The molecular weight excluding hydrogens is 534 g/mol. The van der Waals surface area contributed by atoms with Crippen molar-refractivity contribution in [2.45, 2.75) is 43.1 Å². The number of carbonyl (C=O) groups excluding carboxylic acids is 2. The molecule has 0 bridgehead atoms. The highest BCUT2D eigenvalue weighted by atomic mass is 32.2. The van der Waals surface area contributed by atoms with Crippen LogP contribution in [0.15, 0.2) is 82.6 Å². The summed E-state index contributed by atoms with van der Waals surface area (Å²) in [5.41, 5.74) is 2.08. The molecule has 10 heteroatoms. The van der Waals surface area contributed by atoms with Gasteiger partial charge in [0.05, 0.1) is 17.2 Å². The second-order valence-corrected chi connectivity index (χ2v) is 11.6. The summed E-state index contributed by atoms with van der Waals surface area (Å²) in [6.45, 7) is 5.30. The van der Waals surface area contributed by atoms with Crippen LogP contribution in [0, 0.1) is 6.92 Å². The summed E-state index contributed by atoms with van der Waals surface area (Å²) in [7, 11) is -2.68. The molecule has 0 aliphatic carbocycles. The lowest BCUT2D eigenvalue weighted by molar-refractivity contribution is -0.139. The third kappa shape index (κ3) is 7.33. The Kier molecular flexibility index (Phi) is 10.4. The molecule has 3 aromatic carbocycles. The number of hydrogen-bond donors (Lipinski definition) is 1. The van der Waals surface area contributed by atoms with Crippen molar-refractivity contribution in [3.63, 3.8) is 0 Å². The van der Waals surface area contributed by atoms with E-state index >= 15 is 0 Å². The van der Waals surface area contributed by atoms with E-state index in [1.807, 2.05) is 37.4 Å². The van der Waals surface area contributed by atoms with Gasteiger partial charge >= 0.3 is 0 Å². The molecule has 0 saturated carbocycles. The highest BCUT2D eigenvalue weighted by Crippen LogP contribution is 2.33. The molecular formula is C29H35N3O5S2. The van der Waals surface area contributed by atoms with Crippen LogP contribution in [0.25, 0.3) is 0 Å². The normalized spacial score (nSPS) is 11.9. The number of sulfonamides is 1. The van der Waals surface area contributed by atoms with Crippen molar-refractivity contribution in [1.82, 2.24) is 10.2 Å². The van der Waals surface area contributed by atoms with Crippen LogP contribution in [-0.2, 0) is 26.2 Å². The molecule has 0 fully saturated rings. The number of thioether (sulfide) groups is 1. The van der Waals surface area contributed by atoms with Gasteiger partial charge < -0.3 is 15.0 Å². The van der Waals surface area contributed by atoms with Crippen LogP contribution in [0.2, 0.25) is 0 Å². The van der Waals surface area contributed by atoms with Gasteiger partial charge in [0.1, 0.15) is 18.3 Å². The molecule has 3 rings (SSSR count). The fourth-order valence-electron chi connectivity index (χ4n) is 4.13. The number of para-hydroxylation sites is 2. The number of carbonyl (C=O) groups is 2. The van der Waals surface area contributed by atoms with Gasteiger partial charge in [0.15, 0.2) is 0 Å². The van der Waals surface area contributed by atoms with Gasteiger partial charge in [-0.3, -0.25) is 13.9 Å². The summed E-state index contributed by atoms with van der Waals surface area (Å²) in [4.78, 5) is 28.9. The highest BCUT2D eigenvalue weighted by molar-refractivity contribution is 7.98. The van der Waals surface area contributed by atoms with Gasteiger partial charge in [-0.1, -0.05) is 42.0 Å². The van der Waals surface area contributed by atoms with Crippen LogP contribution in [0.5, 0.6) is 5.75 Å². The van der Waals surface area contributed by atoms with E-state index in [0.717, 1.165) is 20.3 Å². The van der Waals surface area contributed by atoms with E-state index in [2.05, 4.69) is 5.32 Å². The predicted molar refractivity (Wildman–Crippen MR) is 156 cm³/mol. The number of amides is 2. The molecule has 39 heavy (non-hydrogen) atoms. The van der Waals surface area contributed by atoms with Crippen molar-refractivity contribution in [2.75, 3.05) is 30.8 Å². The molecule has 0 unspecified atom stereocenters. The summed E-state index contributed by atoms with van der Waals surface area (Å²) >= 11 is 1.50. The molecule has 0 spiro atoms. The summed E-state index contributed by atoms with van der Waals surface area (Å²) in [5, 5.41) is 2.59. The maximum absolute atomic E-state index is 14.0. The van der Waals surface area contributed by atoms with E-state index in [0.29, 0.717) is 12.4 Å². The average Bonchev–Trinajstić information content (AvgIpc) is 2.94. The minimum atomic E-state index is -4.18. The molecule has 2 amide bonds. The largest absolute Gasteiger partial charge is 0.492 e. The zero-order valence-corrected chi connectivity index (χ0v) is 24.5. The molecule has 0 aliphatic heterocycles. The predicted octanol–water partition coefficient (Wildman–Crippen LogP) is 4.47. The highest BCUT2D eigenvalue weighted by Gasteiger charge is 2.33. The first-order chi connectivity index (χ1) is 18.6. The first kappa shape index (κ1) is 30.0. The lowest BCUT2D eigenvalue weighted by Crippen LogP contribution is -2.50. The molecule has 3 aromatic rings. The van der Waals surface area contributed by atoms with Crippen molar-refractivity contribution < 1.29 is 22.7 Å². The number of ether oxygens (including phenoxy) is 1. The van der Waals surface area contributed by atoms with Crippen LogP contribution in [0.1, 0.15) is 25.0 Å². The summed E-state index contributed by atoms with van der Waals surface area (Å²) in [6, 6.07) is 20.0. The fourth-order valence-corrected chi connectivity index (χ4v) is 5.96. The van der Waals surface area contributed by atoms with Crippen molar-refractivity contribution in [2.24, 2.45) is 0 Å². The minimum Gasteiger partial charge on any atom is -0.492 e.